The van der Waals surface area contributed by atoms with E-state index in [0.717, 1.165) is 40.2 Å². The van der Waals surface area contributed by atoms with Crippen molar-refractivity contribution in [2.75, 3.05) is 11.4 Å². The molecule has 0 radical (unpaired) electrons. The first-order valence-corrected chi connectivity index (χ1v) is 8.70. The van der Waals surface area contributed by atoms with E-state index >= 15 is 0 Å². The van der Waals surface area contributed by atoms with Gasteiger partial charge in [0.2, 0.25) is 0 Å². The van der Waals surface area contributed by atoms with Crippen molar-refractivity contribution < 1.29 is 0 Å². The van der Waals surface area contributed by atoms with Gasteiger partial charge in [-0.1, -0.05) is 29.2 Å². The summed E-state index contributed by atoms with van der Waals surface area (Å²) in [5.41, 5.74) is 3.77. The number of nitrogens with zero attached hydrogens (tertiary/aromatic N) is 4. The minimum atomic E-state index is 0.445. The molecule has 2 aromatic rings. The normalized spacial score (nSPS) is 19.3. The molecule has 1 saturated heterocycles. The molecule has 0 N–H and O–H groups in total. The first kappa shape index (κ1) is 15.4. The predicted octanol–water partition coefficient (Wildman–Crippen LogP) is 3.25. The van der Waals surface area contributed by atoms with Crippen molar-refractivity contribution in [3.8, 4) is 0 Å². The predicted molar refractivity (Wildman–Crippen MR) is 96.8 cm³/mol. The fourth-order valence-corrected chi connectivity index (χ4v) is 3.52. The third-order valence-electron chi connectivity index (χ3n) is 4.13. The largest absolute Gasteiger partial charge is 0.349 e. The van der Waals surface area contributed by atoms with Gasteiger partial charge in [0.15, 0.2) is 0 Å². The van der Waals surface area contributed by atoms with Crippen LogP contribution < -0.4 is 10.5 Å². The topological polar surface area (TPSA) is 41.9 Å². The molecule has 4 rings (SSSR count). The lowest BCUT2D eigenvalue weighted by atomic mass is 10.0. The van der Waals surface area contributed by atoms with Crippen LogP contribution in [-0.2, 0) is 0 Å². The maximum Gasteiger partial charge on any atom is 0.147 e. The lowest BCUT2D eigenvalue weighted by molar-refractivity contribution is 0.514. The number of hydrogen-bond donors (Lipinski definition) is 0. The van der Waals surface area contributed by atoms with Crippen LogP contribution in [0.15, 0.2) is 12.1 Å². The number of pyridine rings is 1. The van der Waals surface area contributed by atoms with Gasteiger partial charge in [-0.15, -0.1) is 0 Å². The fourth-order valence-electron chi connectivity index (χ4n) is 3.26. The second-order valence-electron chi connectivity index (χ2n) is 5.56. The van der Waals surface area contributed by atoms with E-state index in [-0.39, 0.29) is 0 Å². The first-order valence-electron chi connectivity index (χ1n) is 8.12. The van der Waals surface area contributed by atoms with Crippen molar-refractivity contribution in [2.45, 2.75) is 46.1 Å². The molecule has 4 nitrogen and oxygen atoms in total. The van der Waals surface area contributed by atoms with Gasteiger partial charge in [0, 0.05) is 18.3 Å². The molecule has 0 amide bonds. The highest BCUT2D eigenvalue weighted by molar-refractivity contribution is 7.26. The average Bonchev–Trinajstić information content (AvgIpc) is 2.68. The summed E-state index contributed by atoms with van der Waals surface area (Å²) >= 11 is 0. The number of anilines is 1. The van der Waals surface area contributed by atoms with Gasteiger partial charge < -0.3 is 4.90 Å². The van der Waals surface area contributed by atoms with Crippen LogP contribution >= 0.6 is 9.24 Å². The molecular weight excluding hydrogens is 291 g/mol. The van der Waals surface area contributed by atoms with E-state index in [2.05, 4.69) is 42.3 Å². The molecule has 4 heterocycles. The Labute approximate surface area is 134 Å². The standard InChI is InChI=1S/C15H17N4P.C2H6/c1-9-8-12-13-11(16-9)6-5-10-4-2-3-7-19(10)14(13)18-15(20)17-12;1-2/h5-6,8,10H,2-4,7,20H2,1H3;1-2H3. The third-order valence-corrected chi connectivity index (χ3v) is 4.39. The molecule has 2 aliphatic rings. The first-order chi connectivity index (χ1) is 10.7. The maximum absolute atomic E-state index is 4.70. The van der Waals surface area contributed by atoms with E-state index in [1.165, 1.54) is 19.3 Å². The summed E-state index contributed by atoms with van der Waals surface area (Å²) in [7, 11) is 2.63. The SMILES string of the molecule is CC.Cc1cc2nc(P)nc3c2c(n1)C=CC1CCCCN31. The van der Waals surface area contributed by atoms with E-state index < -0.39 is 0 Å². The van der Waals surface area contributed by atoms with Crippen LogP contribution in [0.2, 0.25) is 0 Å². The van der Waals surface area contributed by atoms with Gasteiger partial charge in [-0.2, -0.15) is 0 Å². The Kier molecular flexibility index (Phi) is 4.39. The Hall–Kier alpha value is -1.54. The molecule has 2 unspecified atom stereocenters. The van der Waals surface area contributed by atoms with Gasteiger partial charge in [-0.3, -0.25) is 4.98 Å². The quantitative estimate of drug-likeness (QED) is 0.700. The lowest BCUT2D eigenvalue weighted by Crippen LogP contribution is -2.39. The number of piperidine rings is 1. The monoisotopic (exact) mass is 314 g/mol. The van der Waals surface area contributed by atoms with Gasteiger partial charge in [0.1, 0.15) is 11.4 Å². The Morgan fingerprint density at radius 1 is 1.18 bits per heavy atom. The van der Waals surface area contributed by atoms with Crippen molar-refractivity contribution in [3.05, 3.63) is 23.5 Å². The summed E-state index contributed by atoms with van der Waals surface area (Å²) in [5.74, 6) is 1.05. The summed E-state index contributed by atoms with van der Waals surface area (Å²) in [5, 5.41) is 1.10. The number of aryl methyl sites for hydroxylation is 1. The molecule has 0 saturated carbocycles. The zero-order chi connectivity index (χ0) is 15.7. The number of rotatable bonds is 0. The van der Waals surface area contributed by atoms with E-state index in [0.29, 0.717) is 6.04 Å². The van der Waals surface area contributed by atoms with Crippen molar-refractivity contribution in [3.63, 3.8) is 0 Å². The van der Waals surface area contributed by atoms with Gasteiger partial charge >= 0.3 is 0 Å². The Morgan fingerprint density at radius 2 is 2.00 bits per heavy atom. The van der Waals surface area contributed by atoms with Gasteiger partial charge in [-0.05, 0) is 38.3 Å². The van der Waals surface area contributed by atoms with Crippen molar-refractivity contribution in [1.82, 2.24) is 15.0 Å². The Morgan fingerprint density at radius 3 is 2.82 bits per heavy atom. The average molecular weight is 314 g/mol. The Balaban J connectivity index is 0.000000693. The zero-order valence-corrected chi connectivity index (χ0v) is 14.7. The van der Waals surface area contributed by atoms with Gasteiger partial charge in [0.05, 0.1) is 16.6 Å². The summed E-state index contributed by atoms with van der Waals surface area (Å²) < 4.78 is 0. The second kappa shape index (κ2) is 6.29. The summed E-state index contributed by atoms with van der Waals surface area (Å²) in [6, 6.07) is 2.50. The molecule has 0 aliphatic carbocycles. The van der Waals surface area contributed by atoms with Crippen LogP contribution in [0.3, 0.4) is 0 Å². The molecule has 2 aromatic heterocycles. The molecule has 2 aliphatic heterocycles. The summed E-state index contributed by atoms with van der Waals surface area (Å²) in [4.78, 5) is 16.4. The molecule has 22 heavy (non-hydrogen) atoms. The minimum absolute atomic E-state index is 0.445. The highest BCUT2D eigenvalue weighted by atomic mass is 31.0. The van der Waals surface area contributed by atoms with Crippen LogP contribution in [0.4, 0.5) is 5.82 Å². The van der Waals surface area contributed by atoms with Crippen molar-refractivity contribution in [1.29, 1.82) is 0 Å². The van der Waals surface area contributed by atoms with Gasteiger partial charge in [-0.25, -0.2) is 9.97 Å². The van der Waals surface area contributed by atoms with Crippen molar-refractivity contribution in [2.24, 2.45) is 0 Å². The molecule has 2 atom stereocenters. The van der Waals surface area contributed by atoms with E-state index in [4.69, 9.17) is 4.98 Å². The van der Waals surface area contributed by atoms with E-state index in [1.54, 1.807) is 0 Å². The third kappa shape index (κ3) is 2.61. The number of fused-ring (bicyclic) bond motifs is 2. The maximum atomic E-state index is 4.70. The number of hydrogen-bond acceptors (Lipinski definition) is 4. The molecule has 1 fully saturated rings. The lowest BCUT2D eigenvalue weighted by Gasteiger charge is -2.34. The molecular formula is C17H23N4P. The molecule has 0 bridgehead atoms. The molecule has 0 spiro atoms. The van der Waals surface area contributed by atoms with E-state index in [1.807, 2.05) is 20.8 Å². The Bertz CT molecular complexity index is 721. The molecule has 116 valence electrons. The number of aromatic nitrogens is 3. The van der Waals surface area contributed by atoms with Crippen molar-refractivity contribution >= 4 is 37.6 Å². The highest BCUT2D eigenvalue weighted by Crippen LogP contribution is 2.34. The second-order valence-corrected chi connectivity index (χ2v) is 6.08. The fraction of sp³-hybridized carbons (Fsp3) is 0.471. The highest BCUT2D eigenvalue weighted by Gasteiger charge is 2.27. The minimum Gasteiger partial charge on any atom is -0.349 e. The summed E-state index contributed by atoms with van der Waals surface area (Å²) in [6.07, 6.45) is 8.15. The van der Waals surface area contributed by atoms with E-state index in [9.17, 15) is 0 Å². The van der Waals surface area contributed by atoms with Crippen LogP contribution in [0.5, 0.6) is 0 Å². The van der Waals surface area contributed by atoms with Gasteiger partial charge in [0.25, 0.3) is 0 Å². The molecule has 5 heteroatoms. The smallest absolute Gasteiger partial charge is 0.147 e. The van der Waals surface area contributed by atoms with Crippen LogP contribution in [-0.4, -0.2) is 27.5 Å². The molecule has 0 aromatic carbocycles. The van der Waals surface area contributed by atoms with Crippen LogP contribution in [0, 0.1) is 6.92 Å². The van der Waals surface area contributed by atoms with Crippen LogP contribution in [0.25, 0.3) is 17.0 Å². The zero-order valence-electron chi connectivity index (χ0n) is 13.5. The summed E-state index contributed by atoms with van der Waals surface area (Å²) in [6.45, 7) is 7.09. The van der Waals surface area contributed by atoms with Crippen LogP contribution in [0.1, 0.15) is 44.5 Å².